The first kappa shape index (κ1) is 11.4. The quantitative estimate of drug-likeness (QED) is 0.516. The van der Waals surface area contributed by atoms with Crippen molar-refractivity contribution >= 4 is 11.8 Å². The highest BCUT2D eigenvalue weighted by molar-refractivity contribution is 5.58. The summed E-state index contributed by atoms with van der Waals surface area (Å²) in [5, 5.41) is 10.3. The zero-order valence-corrected chi connectivity index (χ0v) is 7.86. The van der Waals surface area contributed by atoms with Crippen LogP contribution < -0.4 is 0 Å². The van der Waals surface area contributed by atoms with Gasteiger partial charge < -0.3 is 0 Å². The van der Waals surface area contributed by atoms with Gasteiger partial charge in [0.15, 0.2) is 0 Å². The Bertz CT molecular complexity index is 295. The molecule has 13 heavy (non-hydrogen) atoms. The Balaban J connectivity index is 0.000000671. The van der Waals surface area contributed by atoms with Gasteiger partial charge in [0, 0.05) is 6.07 Å². The third-order valence-electron chi connectivity index (χ3n) is 1.35. The van der Waals surface area contributed by atoms with Gasteiger partial charge in [-0.1, -0.05) is 38.6 Å². The Labute approximate surface area is 77.9 Å². The zero-order valence-electron chi connectivity index (χ0n) is 7.86. The molecule has 0 aliphatic rings. The van der Waals surface area contributed by atoms with E-state index in [1.807, 2.05) is 13.8 Å². The van der Waals surface area contributed by atoms with Crippen molar-refractivity contribution in [3.05, 3.63) is 46.5 Å². The molecular formula is C10H13NO2. The van der Waals surface area contributed by atoms with Crippen LogP contribution in [0.5, 0.6) is 0 Å². The summed E-state index contributed by atoms with van der Waals surface area (Å²) in [6.45, 7) is 7.47. The molecule has 0 aliphatic heterocycles. The molecule has 0 unspecified atom stereocenters. The highest BCUT2D eigenvalue weighted by Gasteiger charge is 2.07. The van der Waals surface area contributed by atoms with Crippen molar-refractivity contribution in [3.8, 4) is 0 Å². The molecule has 1 rings (SSSR count). The van der Waals surface area contributed by atoms with Gasteiger partial charge in [-0.15, -0.1) is 0 Å². The number of para-hydroxylation sites is 1. The standard InChI is InChI=1S/C8H7NO2.C2H6/c1-2-7-5-3-4-6-8(7)9(10)11;1-2/h2-6H,1H2;1-2H3. The molecule has 0 spiro atoms. The lowest BCUT2D eigenvalue weighted by molar-refractivity contribution is -0.385. The summed E-state index contributed by atoms with van der Waals surface area (Å²) in [6, 6.07) is 6.48. The van der Waals surface area contributed by atoms with Gasteiger partial charge in [-0.3, -0.25) is 10.1 Å². The molecule has 1 aromatic rings. The van der Waals surface area contributed by atoms with E-state index in [4.69, 9.17) is 0 Å². The molecule has 0 saturated carbocycles. The number of nitrogens with zero attached hydrogens (tertiary/aromatic N) is 1. The molecule has 0 saturated heterocycles. The molecule has 1 aromatic carbocycles. The van der Waals surface area contributed by atoms with Gasteiger partial charge in [0.05, 0.1) is 10.5 Å². The minimum atomic E-state index is -0.420. The van der Waals surface area contributed by atoms with Crippen molar-refractivity contribution in [2.45, 2.75) is 13.8 Å². The molecule has 0 radical (unpaired) electrons. The lowest BCUT2D eigenvalue weighted by Gasteiger charge is -1.93. The van der Waals surface area contributed by atoms with Crippen LogP contribution in [0.4, 0.5) is 5.69 Å². The fraction of sp³-hybridized carbons (Fsp3) is 0.200. The summed E-state index contributed by atoms with van der Waals surface area (Å²) in [5.41, 5.74) is 0.653. The van der Waals surface area contributed by atoms with Crippen LogP contribution >= 0.6 is 0 Å². The third kappa shape index (κ3) is 3.07. The van der Waals surface area contributed by atoms with Crippen LogP contribution in [0.25, 0.3) is 6.08 Å². The molecule has 0 atom stereocenters. The van der Waals surface area contributed by atoms with Crippen molar-refractivity contribution < 1.29 is 4.92 Å². The van der Waals surface area contributed by atoms with E-state index in [9.17, 15) is 10.1 Å². The Hall–Kier alpha value is -1.64. The fourth-order valence-corrected chi connectivity index (χ4v) is 0.826. The molecule has 0 bridgehead atoms. The van der Waals surface area contributed by atoms with Crippen LogP contribution in [0.3, 0.4) is 0 Å². The van der Waals surface area contributed by atoms with E-state index in [1.54, 1.807) is 18.2 Å². The predicted molar refractivity (Wildman–Crippen MR) is 54.5 cm³/mol. The largest absolute Gasteiger partial charge is 0.276 e. The highest BCUT2D eigenvalue weighted by Crippen LogP contribution is 2.17. The van der Waals surface area contributed by atoms with Gasteiger partial charge in [-0.25, -0.2) is 0 Å². The average Bonchev–Trinajstić information content (AvgIpc) is 2.20. The highest BCUT2D eigenvalue weighted by atomic mass is 16.6. The van der Waals surface area contributed by atoms with Gasteiger partial charge >= 0.3 is 0 Å². The van der Waals surface area contributed by atoms with Gasteiger partial charge in [-0.2, -0.15) is 0 Å². The maximum absolute atomic E-state index is 10.3. The predicted octanol–water partition coefficient (Wildman–Crippen LogP) is 3.26. The summed E-state index contributed by atoms with van der Waals surface area (Å²) in [6.07, 6.45) is 1.47. The normalized spacial score (nSPS) is 8.15. The summed E-state index contributed by atoms with van der Waals surface area (Å²) >= 11 is 0. The molecule has 70 valence electrons. The Morgan fingerprint density at radius 2 is 1.92 bits per heavy atom. The summed E-state index contributed by atoms with van der Waals surface area (Å²) in [4.78, 5) is 9.92. The molecule has 0 aromatic heterocycles. The van der Waals surface area contributed by atoms with Crippen LogP contribution in [-0.2, 0) is 0 Å². The number of rotatable bonds is 2. The second-order valence-corrected chi connectivity index (χ2v) is 2.02. The maximum Gasteiger partial charge on any atom is 0.276 e. The smallest absolute Gasteiger partial charge is 0.258 e. The van der Waals surface area contributed by atoms with Gasteiger partial charge in [0.1, 0.15) is 0 Å². The lowest BCUT2D eigenvalue weighted by atomic mass is 10.2. The van der Waals surface area contributed by atoms with Crippen LogP contribution in [0.1, 0.15) is 19.4 Å². The van der Waals surface area contributed by atoms with Crippen molar-refractivity contribution in [1.29, 1.82) is 0 Å². The summed E-state index contributed by atoms with van der Waals surface area (Å²) < 4.78 is 0. The first-order valence-electron chi connectivity index (χ1n) is 4.11. The molecule has 3 nitrogen and oxygen atoms in total. The third-order valence-corrected chi connectivity index (χ3v) is 1.35. The first-order chi connectivity index (χ1) is 6.25. The SMILES string of the molecule is C=Cc1ccccc1[N+](=O)[O-].CC. The summed E-state index contributed by atoms with van der Waals surface area (Å²) in [5.74, 6) is 0. The van der Waals surface area contributed by atoms with E-state index in [-0.39, 0.29) is 5.69 Å². The van der Waals surface area contributed by atoms with Crippen LogP contribution in [-0.4, -0.2) is 4.92 Å². The Morgan fingerprint density at radius 3 is 2.31 bits per heavy atom. The minimum absolute atomic E-state index is 0.0995. The number of nitro benzene ring substituents is 1. The molecule has 3 heteroatoms. The maximum atomic E-state index is 10.3. The molecule has 0 heterocycles. The minimum Gasteiger partial charge on any atom is -0.258 e. The Morgan fingerprint density at radius 1 is 1.38 bits per heavy atom. The van der Waals surface area contributed by atoms with Crippen LogP contribution in [0.15, 0.2) is 30.8 Å². The summed E-state index contributed by atoms with van der Waals surface area (Å²) in [7, 11) is 0. The van der Waals surface area contributed by atoms with E-state index in [2.05, 4.69) is 6.58 Å². The lowest BCUT2D eigenvalue weighted by Crippen LogP contribution is -1.89. The second kappa shape index (κ2) is 5.94. The molecule has 0 aliphatic carbocycles. The van der Waals surface area contributed by atoms with E-state index < -0.39 is 4.92 Å². The van der Waals surface area contributed by atoms with Crippen molar-refractivity contribution in [2.75, 3.05) is 0 Å². The first-order valence-corrected chi connectivity index (χ1v) is 4.11. The molecular weight excluding hydrogens is 166 g/mol. The number of nitro groups is 1. The van der Waals surface area contributed by atoms with Gasteiger partial charge in [0.25, 0.3) is 5.69 Å². The topological polar surface area (TPSA) is 43.1 Å². The van der Waals surface area contributed by atoms with E-state index in [0.717, 1.165) is 0 Å². The zero-order chi connectivity index (χ0) is 10.3. The molecule has 0 amide bonds. The van der Waals surface area contributed by atoms with Crippen molar-refractivity contribution in [2.24, 2.45) is 0 Å². The molecule has 0 fully saturated rings. The second-order valence-electron chi connectivity index (χ2n) is 2.02. The monoisotopic (exact) mass is 179 g/mol. The van der Waals surface area contributed by atoms with Gasteiger partial charge in [0.2, 0.25) is 0 Å². The van der Waals surface area contributed by atoms with E-state index in [0.29, 0.717) is 5.56 Å². The van der Waals surface area contributed by atoms with E-state index in [1.165, 1.54) is 12.1 Å². The van der Waals surface area contributed by atoms with E-state index >= 15 is 0 Å². The average molecular weight is 179 g/mol. The number of hydrogen-bond acceptors (Lipinski definition) is 2. The van der Waals surface area contributed by atoms with Crippen molar-refractivity contribution in [3.63, 3.8) is 0 Å². The number of hydrogen-bond donors (Lipinski definition) is 0. The van der Waals surface area contributed by atoms with Gasteiger partial charge in [-0.05, 0) is 6.07 Å². The van der Waals surface area contributed by atoms with Crippen LogP contribution in [0.2, 0.25) is 0 Å². The molecule has 0 N–H and O–H groups in total. The van der Waals surface area contributed by atoms with Crippen LogP contribution in [0, 0.1) is 10.1 Å². The number of benzene rings is 1. The fourth-order valence-electron chi connectivity index (χ4n) is 0.826. The van der Waals surface area contributed by atoms with Crippen molar-refractivity contribution in [1.82, 2.24) is 0 Å². The Kier molecular flexibility index (Phi) is 5.19.